The first-order chi connectivity index (χ1) is 6.70. The first-order valence-electron chi connectivity index (χ1n) is 4.63. The van der Waals surface area contributed by atoms with Crippen LogP contribution in [0.4, 0.5) is 0 Å². The molecule has 14 heavy (non-hydrogen) atoms. The Kier molecular flexibility index (Phi) is 4.34. The lowest BCUT2D eigenvalue weighted by atomic mass is 10.1. The van der Waals surface area contributed by atoms with Gasteiger partial charge in [0.25, 0.3) is 5.91 Å². The zero-order chi connectivity index (χ0) is 10.4. The summed E-state index contributed by atoms with van der Waals surface area (Å²) in [6.07, 6.45) is 2.92. The summed E-state index contributed by atoms with van der Waals surface area (Å²) in [6.45, 7) is 0.548. The third-order valence-electron chi connectivity index (χ3n) is 2.01. The number of hydrogen-bond acceptors (Lipinski definition) is 4. The van der Waals surface area contributed by atoms with Gasteiger partial charge in [0.05, 0.1) is 6.04 Å². The number of piperidine rings is 1. The molecule has 0 aliphatic carbocycles. The molecule has 1 aliphatic heterocycles. The maximum absolute atomic E-state index is 11.3. The summed E-state index contributed by atoms with van der Waals surface area (Å²) in [5.41, 5.74) is 7.01. The Hall–Kier alpha value is -1.14. The molecule has 0 aromatic carbocycles. The van der Waals surface area contributed by atoms with Crippen LogP contribution in [0.2, 0.25) is 0 Å². The smallest absolute Gasteiger partial charge is 0.260 e. The van der Waals surface area contributed by atoms with E-state index in [1.54, 1.807) is 0 Å². The van der Waals surface area contributed by atoms with Gasteiger partial charge in [0.15, 0.2) is 6.61 Å². The van der Waals surface area contributed by atoms with Crippen molar-refractivity contribution in [2.45, 2.75) is 25.3 Å². The lowest BCUT2D eigenvalue weighted by Gasteiger charge is -2.21. The highest BCUT2D eigenvalue weighted by atomic mass is 16.7. The molecule has 0 unspecified atom stereocenters. The Morgan fingerprint density at radius 2 is 2.29 bits per heavy atom. The van der Waals surface area contributed by atoms with Crippen LogP contribution >= 0.6 is 0 Å². The molecular formula is C8H15N3O3. The molecule has 1 fully saturated rings. The summed E-state index contributed by atoms with van der Waals surface area (Å²) in [6, 6.07) is -0.211. The molecule has 6 heteroatoms. The van der Waals surface area contributed by atoms with E-state index in [0.717, 1.165) is 25.8 Å². The van der Waals surface area contributed by atoms with E-state index in [0.29, 0.717) is 0 Å². The molecule has 80 valence electrons. The van der Waals surface area contributed by atoms with Crippen molar-refractivity contribution in [1.29, 1.82) is 0 Å². The van der Waals surface area contributed by atoms with E-state index in [2.05, 4.69) is 15.6 Å². The maximum atomic E-state index is 11.3. The molecular weight excluding hydrogens is 186 g/mol. The Morgan fingerprint density at radius 1 is 1.50 bits per heavy atom. The van der Waals surface area contributed by atoms with Crippen LogP contribution in [0.3, 0.4) is 0 Å². The van der Waals surface area contributed by atoms with Crippen molar-refractivity contribution in [1.82, 2.24) is 10.8 Å². The second-order valence-corrected chi connectivity index (χ2v) is 3.22. The highest BCUT2D eigenvalue weighted by Crippen LogP contribution is 2.06. The summed E-state index contributed by atoms with van der Waals surface area (Å²) in [5, 5.41) is 3.05. The van der Waals surface area contributed by atoms with E-state index >= 15 is 0 Å². The van der Waals surface area contributed by atoms with Gasteiger partial charge in [-0.2, -0.15) is 0 Å². The van der Waals surface area contributed by atoms with Gasteiger partial charge < -0.3 is 11.1 Å². The summed E-state index contributed by atoms with van der Waals surface area (Å²) in [4.78, 5) is 26.2. The number of nitrogens with two attached hydrogens (primary N) is 1. The van der Waals surface area contributed by atoms with Gasteiger partial charge in [-0.05, 0) is 19.4 Å². The third-order valence-corrected chi connectivity index (χ3v) is 2.01. The zero-order valence-electron chi connectivity index (χ0n) is 7.91. The van der Waals surface area contributed by atoms with Crippen LogP contribution in [0.1, 0.15) is 19.3 Å². The van der Waals surface area contributed by atoms with Gasteiger partial charge in [0.1, 0.15) is 0 Å². The summed E-state index contributed by atoms with van der Waals surface area (Å²) in [7, 11) is 0. The quantitative estimate of drug-likeness (QED) is 0.491. The largest absolute Gasteiger partial charge is 0.368 e. The predicted octanol–water partition coefficient (Wildman–Crippen LogP) is -1.34. The first kappa shape index (κ1) is 10.9. The number of hydroxylamine groups is 1. The van der Waals surface area contributed by atoms with E-state index in [1.165, 1.54) is 0 Å². The molecule has 6 nitrogen and oxygen atoms in total. The Labute approximate surface area is 82.1 Å². The fourth-order valence-corrected chi connectivity index (χ4v) is 1.33. The molecule has 4 N–H and O–H groups in total. The second kappa shape index (κ2) is 5.56. The van der Waals surface area contributed by atoms with Crippen molar-refractivity contribution in [2.75, 3.05) is 13.2 Å². The van der Waals surface area contributed by atoms with Crippen LogP contribution in [0.25, 0.3) is 0 Å². The van der Waals surface area contributed by atoms with E-state index < -0.39 is 5.91 Å². The van der Waals surface area contributed by atoms with Gasteiger partial charge in [-0.25, -0.2) is 5.48 Å². The normalized spacial score (nSPS) is 21.6. The number of primary amides is 1. The van der Waals surface area contributed by atoms with E-state index in [9.17, 15) is 9.59 Å². The highest BCUT2D eigenvalue weighted by molar-refractivity contribution is 5.81. The summed E-state index contributed by atoms with van der Waals surface area (Å²) < 4.78 is 0. The van der Waals surface area contributed by atoms with Crippen LogP contribution < -0.4 is 16.5 Å². The molecule has 0 spiro atoms. The van der Waals surface area contributed by atoms with Crippen molar-refractivity contribution in [3.05, 3.63) is 0 Å². The van der Waals surface area contributed by atoms with Crippen molar-refractivity contribution < 1.29 is 14.4 Å². The van der Waals surface area contributed by atoms with E-state index in [-0.39, 0.29) is 18.6 Å². The molecule has 0 radical (unpaired) electrons. The molecule has 1 aliphatic rings. The molecule has 1 heterocycles. The monoisotopic (exact) mass is 201 g/mol. The van der Waals surface area contributed by atoms with E-state index in [4.69, 9.17) is 5.73 Å². The van der Waals surface area contributed by atoms with Crippen LogP contribution in [0, 0.1) is 0 Å². The zero-order valence-corrected chi connectivity index (χ0v) is 7.91. The van der Waals surface area contributed by atoms with Crippen molar-refractivity contribution in [3.63, 3.8) is 0 Å². The average Bonchev–Trinajstić information content (AvgIpc) is 2.18. The topological polar surface area (TPSA) is 93.5 Å². The number of carbonyl (C=O) groups excluding carboxylic acids is 2. The van der Waals surface area contributed by atoms with E-state index in [1.807, 2.05) is 0 Å². The fourth-order valence-electron chi connectivity index (χ4n) is 1.33. The minimum absolute atomic E-state index is 0.211. The van der Waals surface area contributed by atoms with Gasteiger partial charge in [0.2, 0.25) is 5.91 Å². The number of carbonyl (C=O) groups is 2. The molecule has 1 saturated heterocycles. The Bertz CT molecular complexity index is 214. The van der Waals surface area contributed by atoms with Crippen LogP contribution in [-0.2, 0) is 14.4 Å². The SMILES string of the molecule is NC(=O)CONC(=O)[C@H]1CCCCN1. The lowest BCUT2D eigenvalue weighted by Crippen LogP contribution is -2.47. The van der Waals surface area contributed by atoms with Crippen molar-refractivity contribution in [3.8, 4) is 0 Å². The average molecular weight is 201 g/mol. The summed E-state index contributed by atoms with van der Waals surface area (Å²) >= 11 is 0. The molecule has 0 saturated carbocycles. The van der Waals surface area contributed by atoms with Gasteiger partial charge >= 0.3 is 0 Å². The van der Waals surface area contributed by atoms with Crippen LogP contribution in [0.5, 0.6) is 0 Å². The van der Waals surface area contributed by atoms with Crippen LogP contribution in [-0.4, -0.2) is 31.0 Å². The minimum atomic E-state index is -0.609. The molecule has 0 aromatic heterocycles. The number of amides is 2. The molecule has 1 atom stereocenters. The van der Waals surface area contributed by atoms with Crippen molar-refractivity contribution >= 4 is 11.8 Å². The predicted molar refractivity (Wildman–Crippen MR) is 48.9 cm³/mol. The molecule has 2 amide bonds. The Balaban J connectivity index is 2.16. The summed E-state index contributed by atoms with van der Waals surface area (Å²) in [5.74, 6) is -0.854. The van der Waals surface area contributed by atoms with Gasteiger partial charge in [-0.3, -0.25) is 14.4 Å². The molecule has 0 bridgehead atoms. The molecule has 0 aromatic rings. The second-order valence-electron chi connectivity index (χ2n) is 3.22. The number of hydrogen-bond donors (Lipinski definition) is 3. The van der Waals surface area contributed by atoms with Gasteiger partial charge in [-0.1, -0.05) is 6.42 Å². The molecule has 1 rings (SSSR count). The minimum Gasteiger partial charge on any atom is -0.368 e. The van der Waals surface area contributed by atoms with Crippen molar-refractivity contribution in [2.24, 2.45) is 5.73 Å². The Morgan fingerprint density at radius 3 is 2.86 bits per heavy atom. The number of nitrogens with one attached hydrogen (secondary N) is 2. The lowest BCUT2D eigenvalue weighted by molar-refractivity contribution is -0.140. The standard InChI is InChI=1S/C8H15N3O3/c9-7(12)5-14-11-8(13)6-3-1-2-4-10-6/h6,10H,1-5H2,(H2,9,12)(H,11,13)/t6-/m1/s1. The highest BCUT2D eigenvalue weighted by Gasteiger charge is 2.20. The van der Waals surface area contributed by atoms with Gasteiger partial charge in [-0.15, -0.1) is 0 Å². The maximum Gasteiger partial charge on any atom is 0.260 e. The number of rotatable bonds is 4. The first-order valence-corrected chi connectivity index (χ1v) is 4.63. The fraction of sp³-hybridized carbons (Fsp3) is 0.750. The third kappa shape index (κ3) is 3.71. The van der Waals surface area contributed by atoms with Crippen LogP contribution in [0.15, 0.2) is 0 Å². The van der Waals surface area contributed by atoms with Gasteiger partial charge in [0, 0.05) is 0 Å².